The minimum absolute atomic E-state index is 0.170. The zero-order chi connectivity index (χ0) is 11.8. The Labute approximate surface area is 103 Å². The van der Waals surface area contributed by atoms with Gasteiger partial charge in [-0.15, -0.1) is 0 Å². The third-order valence-electron chi connectivity index (χ3n) is 4.87. The van der Waals surface area contributed by atoms with Crippen molar-refractivity contribution in [1.82, 2.24) is 15.1 Å². The van der Waals surface area contributed by atoms with Crippen LogP contribution in [0.4, 0.5) is 4.79 Å². The predicted octanol–water partition coefficient (Wildman–Crippen LogP) is 1.42. The highest BCUT2D eigenvalue weighted by molar-refractivity contribution is 5.75. The van der Waals surface area contributed by atoms with Crippen LogP contribution in [-0.2, 0) is 0 Å². The molecule has 1 N–H and O–H groups in total. The summed E-state index contributed by atoms with van der Waals surface area (Å²) < 4.78 is 0. The zero-order valence-electron chi connectivity index (χ0n) is 10.7. The molecular weight excluding hydrogens is 214 g/mol. The predicted molar refractivity (Wildman–Crippen MR) is 66.9 cm³/mol. The molecule has 0 aliphatic carbocycles. The molecule has 3 fully saturated rings. The zero-order valence-corrected chi connectivity index (χ0v) is 10.7. The third-order valence-corrected chi connectivity index (χ3v) is 4.87. The van der Waals surface area contributed by atoms with Crippen LogP contribution in [0.25, 0.3) is 0 Å². The van der Waals surface area contributed by atoms with Crippen LogP contribution in [0.2, 0.25) is 0 Å². The maximum absolute atomic E-state index is 11.9. The summed E-state index contributed by atoms with van der Waals surface area (Å²) in [6.45, 7) is 1.81. The quantitative estimate of drug-likeness (QED) is 0.748. The van der Waals surface area contributed by atoms with Gasteiger partial charge in [0.25, 0.3) is 0 Å². The van der Waals surface area contributed by atoms with E-state index < -0.39 is 0 Å². The molecule has 4 nitrogen and oxygen atoms in total. The normalized spacial score (nSPS) is 39.0. The molecule has 2 unspecified atom stereocenters. The topological polar surface area (TPSA) is 35.6 Å². The first-order chi connectivity index (χ1) is 8.25. The fraction of sp³-hybridized carbons (Fsp3) is 0.923. The number of nitrogens with one attached hydrogen (secondary N) is 1. The Morgan fingerprint density at radius 2 is 1.82 bits per heavy atom. The average molecular weight is 237 g/mol. The summed E-state index contributed by atoms with van der Waals surface area (Å²) in [4.78, 5) is 16.6. The Hall–Kier alpha value is -0.770. The number of hydrogen-bond acceptors (Lipinski definition) is 2. The number of rotatable bonds is 1. The number of carbonyl (C=O) groups excluding carboxylic acids is 1. The molecule has 0 aromatic rings. The molecule has 0 spiro atoms. The molecule has 0 radical (unpaired) electrons. The van der Waals surface area contributed by atoms with Crippen LogP contribution >= 0.6 is 0 Å². The molecule has 2 amide bonds. The SMILES string of the molecule is CN1C2CCCC1CC(N1CCCNC1=O)C2. The minimum Gasteiger partial charge on any atom is -0.338 e. The van der Waals surface area contributed by atoms with E-state index in [-0.39, 0.29) is 6.03 Å². The van der Waals surface area contributed by atoms with Crippen LogP contribution in [0.15, 0.2) is 0 Å². The number of piperidine rings is 2. The Balaban J connectivity index is 1.70. The molecule has 0 saturated carbocycles. The van der Waals surface area contributed by atoms with Gasteiger partial charge in [-0.25, -0.2) is 4.79 Å². The van der Waals surface area contributed by atoms with Crippen molar-refractivity contribution in [3.63, 3.8) is 0 Å². The summed E-state index contributed by atoms with van der Waals surface area (Å²) in [5.41, 5.74) is 0. The summed E-state index contributed by atoms with van der Waals surface area (Å²) in [5.74, 6) is 0. The second-order valence-corrected chi connectivity index (χ2v) is 5.81. The van der Waals surface area contributed by atoms with Crippen molar-refractivity contribution in [3.05, 3.63) is 0 Å². The van der Waals surface area contributed by atoms with E-state index in [1.807, 2.05) is 0 Å². The lowest BCUT2D eigenvalue weighted by molar-refractivity contribution is 0.0175. The molecule has 96 valence electrons. The van der Waals surface area contributed by atoms with E-state index in [0.29, 0.717) is 18.1 Å². The van der Waals surface area contributed by atoms with Gasteiger partial charge < -0.3 is 15.1 Å². The summed E-state index contributed by atoms with van der Waals surface area (Å²) >= 11 is 0. The molecule has 3 aliphatic rings. The van der Waals surface area contributed by atoms with E-state index in [9.17, 15) is 4.79 Å². The standard InChI is InChI=1S/C13H23N3O/c1-15-10-4-2-5-11(15)9-12(8-10)16-7-3-6-14-13(16)17/h10-12H,2-9H2,1H3,(H,14,17). The molecule has 2 atom stereocenters. The van der Waals surface area contributed by atoms with Crippen LogP contribution in [0.1, 0.15) is 38.5 Å². The lowest BCUT2D eigenvalue weighted by Crippen LogP contribution is -2.59. The molecule has 3 rings (SSSR count). The Morgan fingerprint density at radius 1 is 1.12 bits per heavy atom. The Morgan fingerprint density at radius 3 is 2.47 bits per heavy atom. The monoisotopic (exact) mass is 237 g/mol. The van der Waals surface area contributed by atoms with Crippen molar-refractivity contribution >= 4 is 6.03 Å². The van der Waals surface area contributed by atoms with Gasteiger partial charge in [0.15, 0.2) is 0 Å². The Bertz CT molecular complexity index is 293. The van der Waals surface area contributed by atoms with Gasteiger partial charge in [-0.2, -0.15) is 0 Å². The molecule has 2 bridgehead atoms. The molecular formula is C13H23N3O. The molecule has 0 aromatic heterocycles. The Kier molecular flexibility index (Phi) is 2.99. The van der Waals surface area contributed by atoms with E-state index in [1.54, 1.807) is 0 Å². The second kappa shape index (κ2) is 4.48. The van der Waals surface area contributed by atoms with Gasteiger partial charge in [0, 0.05) is 31.2 Å². The lowest BCUT2D eigenvalue weighted by Gasteiger charge is -2.50. The van der Waals surface area contributed by atoms with Crippen LogP contribution in [0.5, 0.6) is 0 Å². The van der Waals surface area contributed by atoms with E-state index in [4.69, 9.17) is 0 Å². The smallest absolute Gasteiger partial charge is 0.317 e. The lowest BCUT2D eigenvalue weighted by atomic mass is 9.81. The van der Waals surface area contributed by atoms with E-state index >= 15 is 0 Å². The summed E-state index contributed by atoms with van der Waals surface area (Å²) in [5, 5.41) is 2.98. The van der Waals surface area contributed by atoms with Crippen LogP contribution in [0.3, 0.4) is 0 Å². The molecule has 4 heteroatoms. The third kappa shape index (κ3) is 2.03. The largest absolute Gasteiger partial charge is 0.338 e. The maximum Gasteiger partial charge on any atom is 0.317 e. The van der Waals surface area contributed by atoms with Crippen molar-refractivity contribution in [2.24, 2.45) is 0 Å². The molecule has 3 aliphatic heterocycles. The second-order valence-electron chi connectivity index (χ2n) is 5.81. The highest BCUT2D eigenvalue weighted by Crippen LogP contribution is 2.35. The van der Waals surface area contributed by atoms with Crippen molar-refractivity contribution in [1.29, 1.82) is 0 Å². The van der Waals surface area contributed by atoms with Crippen LogP contribution < -0.4 is 5.32 Å². The van der Waals surface area contributed by atoms with Gasteiger partial charge in [-0.3, -0.25) is 0 Å². The van der Waals surface area contributed by atoms with Gasteiger partial charge in [0.05, 0.1) is 0 Å². The summed E-state index contributed by atoms with van der Waals surface area (Å²) in [6, 6.07) is 2.08. The van der Waals surface area contributed by atoms with Crippen LogP contribution in [-0.4, -0.2) is 54.1 Å². The number of hydrogen-bond donors (Lipinski definition) is 1. The summed E-state index contributed by atoms with van der Waals surface area (Å²) in [7, 11) is 2.26. The van der Waals surface area contributed by atoms with E-state index in [0.717, 1.165) is 19.5 Å². The van der Waals surface area contributed by atoms with Crippen molar-refractivity contribution in [3.8, 4) is 0 Å². The summed E-state index contributed by atoms with van der Waals surface area (Å²) in [6.07, 6.45) is 7.48. The first-order valence-corrected chi connectivity index (χ1v) is 7.02. The van der Waals surface area contributed by atoms with Gasteiger partial charge in [0.2, 0.25) is 0 Å². The van der Waals surface area contributed by atoms with E-state index in [1.165, 1.54) is 32.1 Å². The molecule has 17 heavy (non-hydrogen) atoms. The minimum atomic E-state index is 0.170. The number of amides is 2. The van der Waals surface area contributed by atoms with Gasteiger partial charge in [-0.1, -0.05) is 6.42 Å². The molecule has 3 saturated heterocycles. The molecule has 3 heterocycles. The number of fused-ring (bicyclic) bond motifs is 2. The van der Waals surface area contributed by atoms with Gasteiger partial charge in [-0.05, 0) is 39.2 Å². The van der Waals surface area contributed by atoms with Crippen molar-refractivity contribution < 1.29 is 4.79 Å². The van der Waals surface area contributed by atoms with Crippen molar-refractivity contribution in [2.75, 3.05) is 20.1 Å². The van der Waals surface area contributed by atoms with Crippen LogP contribution in [0, 0.1) is 0 Å². The highest BCUT2D eigenvalue weighted by atomic mass is 16.2. The molecule has 0 aromatic carbocycles. The van der Waals surface area contributed by atoms with Gasteiger partial charge in [0.1, 0.15) is 0 Å². The maximum atomic E-state index is 11.9. The first kappa shape index (κ1) is 11.3. The first-order valence-electron chi connectivity index (χ1n) is 7.02. The number of carbonyl (C=O) groups is 1. The fourth-order valence-electron chi connectivity index (χ4n) is 3.84. The number of urea groups is 1. The van der Waals surface area contributed by atoms with Crippen molar-refractivity contribution in [2.45, 2.75) is 56.7 Å². The highest BCUT2D eigenvalue weighted by Gasteiger charge is 2.39. The fourth-order valence-corrected chi connectivity index (χ4v) is 3.84. The van der Waals surface area contributed by atoms with E-state index in [2.05, 4.69) is 22.2 Å². The average Bonchev–Trinajstić information content (AvgIpc) is 2.29. The number of nitrogens with zero attached hydrogens (tertiary/aromatic N) is 2. The van der Waals surface area contributed by atoms with Gasteiger partial charge >= 0.3 is 6.03 Å².